The zero-order valence-electron chi connectivity index (χ0n) is 11.8. The topological polar surface area (TPSA) is 47.6 Å². The molecule has 0 saturated carbocycles. The van der Waals surface area contributed by atoms with Gasteiger partial charge in [-0.05, 0) is 19.4 Å². The standard InChI is InChI=1S/C15H21NO3/c1-15(2)9-11-5-4-6-12(14(11)19-15)10-16-8-7-13(17)18-3/h4-6,16H,7-10H2,1-3H3. The molecule has 104 valence electrons. The van der Waals surface area contributed by atoms with Gasteiger partial charge in [0.05, 0.1) is 13.5 Å². The number of hydrogen-bond acceptors (Lipinski definition) is 4. The molecule has 0 saturated heterocycles. The van der Waals surface area contributed by atoms with Crippen LogP contribution in [0.4, 0.5) is 0 Å². The fraction of sp³-hybridized carbons (Fsp3) is 0.533. The second kappa shape index (κ2) is 5.61. The van der Waals surface area contributed by atoms with Gasteiger partial charge in [0.15, 0.2) is 0 Å². The fourth-order valence-electron chi connectivity index (χ4n) is 2.33. The summed E-state index contributed by atoms with van der Waals surface area (Å²) in [4.78, 5) is 11.0. The lowest BCUT2D eigenvalue weighted by atomic mass is 10.0. The number of hydrogen-bond donors (Lipinski definition) is 1. The molecule has 0 spiro atoms. The van der Waals surface area contributed by atoms with Crippen molar-refractivity contribution in [3.05, 3.63) is 29.3 Å². The largest absolute Gasteiger partial charge is 0.487 e. The predicted molar refractivity (Wildman–Crippen MR) is 73.2 cm³/mol. The van der Waals surface area contributed by atoms with Gasteiger partial charge in [-0.2, -0.15) is 0 Å². The summed E-state index contributed by atoms with van der Waals surface area (Å²) in [5.41, 5.74) is 2.29. The summed E-state index contributed by atoms with van der Waals surface area (Å²) in [5, 5.41) is 3.24. The molecule has 2 rings (SSSR count). The Labute approximate surface area is 114 Å². The Morgan fingerprint density at radius 3 is 3.00 bits per heavy atom. The van der Waals surface area contributed by atoms with Crippen molar-refractivity contribution < 1.29 is 14.3 Å². The maximum Gasteiger partial charge on any atom is 0.306 e. The minimum atomic E-state index is -0.192. The SMILES string of the molecule is COC(=O)CCNCc1cccc2c1OC(C)(C)C2. The van der Waals surface area contributed by atoms with Crippen molar-refractivity contribution in [3.8, 4) is 5.75 Å². The van der Waals surface area contributed by atoms with Gasteiger partial charge < -0.3 is 14.8 Å². The van der Waals surface area contributed by atoms with E-state index in [0.29, 0.717) is 19.5 Å². The van der Waals surface area contributed by atoms with Crippen molar-refractivity contribution in [3.63, 3.8) is 0 Å². The van der Waals surface area contributed by atoms with Gasteiger partial charge in [-0.1, -0.05) is 18.2 Å². The number of para-hydroxylation sites is 1. The second-order valence-corrected chi connectivity index (χ2v) is 5.45. The third-order valence-corrected chi connectivity index (χ3v) is 3.22. The number of fused-ring (bicyclic) bond motifs is 1. The van der Waals surface area contributed by atoms with E-state index in [1.54, 1.807) is 0 Å². The molecule has 0 radical (unpaired) electrons. The first-order valence-electron chi connectivity index (χ1n) is 6.59. The van der Waals surface area contributed by atoms with Crippen LogP contribution in [-0.4, -0.2) is 25.2 Å². The molecule has 0 unspecified atom stereocenters. The number of carbonyl (C=O) groups excluding carboxylic acids is 1. The van der Waals surface area contributed by atoms with Crippen molar-refractivity contribution in [2.24, 2.45) is 0 Å². The molecule has 1 aromatic rings. The van der Waals surface area contributed by atoms with E-state index in [2.05, 4.69) is 42.1 Å². The molecule has 1 aliphatic heterocycles. The summed E-state index contributed by atoms with van der Waals surface area (Å²) in [5.74, 6) is 0.807. The molecular weight excluding hydrogens is 242 g/mol. The summed E-state index contributed by atoms with van der Waals surface area (Å²) in [7, 11) is 1.41. The highest BCUT2D eigenvalue weighted by molar-refractivity contribution is 5.69. The van der Waals surface area contributed by atoms with Crippen LogP contribution < -0.4 is 10.1 Å². The molecule has 1 heterocycles. The molecule has 0 aromatic heterocycles. The molecule has 1 aromatic carbocycles. The van der Waals surface area contributed by atoms with E-state index >= 15 is 0 Å². The molecule has 19 heavy (non-hydrogen) atoms. The molecule has 0 amide bonds. The molecule has 1 N–H and O–H groups in total. The number of benzene rings is 1. The maximum absolute atomic E-state index is 11.0. The number of rotatable bonds is 5. The van der Waals surface area contributed by atoms with Crippen LogP contribution >= 0.6 is 0 Å². The average molecular weight is 263 g/mol. The molecule has 0 bridgehead atoms. The van der Waals surface area contributed by atoms with Gasteiger partial charge in [0.1, 0.15) is 11.4 Å². The third-order valence-electron chi connectivity index (χ3n) is 3.22. The molecule has 4 heteroatoms. The van der Waals surface area contributed by atoms with E-state index in [9.17, 15) is 4.79 Å². The normalized spacial score (nSPS) is 15.7. The Morgan fingerprint density at radius 1 is 1.47 bits per heavy atom. The number of ether oxygens (including phenoxy) is 2. The van der Waals surface area contributed by atoms with Crippen LogP contribution in [0.25, 0.3) is 0 Å². The Hall–Kier alpha value is -1.55. The summed E-state index contributed by atoms with van der Waals surface area (Å²) < 4.78 is 10.6. The molecule has 0 fully saturated rings. The lowest BCUT2D eigenvalue weighted by Gasteiger charge is -2.18. The number of esters is 1. The van der Waals surface area contributed by atoms with Crippen molar-refractivity contribution in [2.45, 2.75) is 38.8 Å². The van der Waals surface area contributed by atoms with E-state index in [4.69, 9.17) is 4.74 Å². The van der Waals surface area contributed by atoms with Gasteiger partial charge >= 0.3 is 5.97 Å². The monoisotopic (exact) mass is 263 g/mol. The Morgan fingerprint density at radius 2 is 2.26 bits per heavy atom. The van der Waals surface area contributed by atoms with Gasteiger partial charge in [0.25, 0.3) is 0 Å². The second-order valence-electron chi connectivity index (χ2n) is 5.45. The van der Waals surface area contributed by atoms with Crippen LogP contribution in [0.1, 0.15) is 31.4 Å². The van der Waals surface area contributed by atoms with Crippen molar-refractivity contribution in [1.82, 2.24) is 5.32 Å². The van der Waals surface area contributed by atoms with Crippen molar-refractivity contribution in [1.29, 1.82) is 0 Å². The quantitative estimate of drug-likeness (QED) is 0.652. The minimum absolute atomic E-state index is 0.121. The molecule has 0 aliphatic carbocycles. The lowest BCUT2D eigenvalue weighted by Crippen LogP contribution is -2.25. The number of carbonyl (C=O) groups is 1. The van der Waals surface area contributed by atoms with Crippen molar-refractivity contribution >= 4 is 5.97 Å². The highest BCUT2D eigenvalue weighted by atomic mass is 16.5. The van der Waals surface area contributed by atoms with Gasteiger partial charge in [-0.3, -0.25) is 4.79 Å². The zero-order chi connectivity index (χ0) is 13.9. The minimum Gasteiger partial charge on any atom is -0.487 e. The Kier molecular flexibility index (Phi) is 4.10. The molecule has 0 atom stereocenters. The third kappa shape index (κ3) is 3.47. The summed E-state index contributed by atoms with van der Waals surface area (Å²) in [6, 6.07) is 6.23. The van der Waals surface area contributed by atoms with E-state index in [0.717, 1.165) is 17.7 Å². The smallest absolute Gasteiger partial charge is 0.306 e. The van der Waals surface area contributed by atoms with E-state index < -0.39 is 0 Å². The van der Waals surface area contributed by atoms with Crippen LogP contribution in [0, 0.1) is 0 Å². The zero-order valence-corrected chi connectivity index (χ0v) is 11.8. The lowest BCUT2D eigenvalue weighted by molar-refractivity contribution is -0.140. The van der Waals surface area contributed by atoms with E-state index in [1.807, 2.05) is 0 Å². The highest BCUT2D eigenvalue weighted by Crippen LogP contribution is 2.37. The summed E-state index contributed by atoms with van der Waals surface area (Å²) in [6.07, 6.45) is 1.33. The summed E-state index contributed by atoms with van der Waals surface area (Å²) in [6.45, 7) is 5.51. The molecule has 4 nitrogen and oxygen atoms in total. The van der Waals surface area contributed by atoms with Crippen LogP contribution in [0.3, 0.4) is 0 Å². The van der Waals surface area contributed by atoms with Crippen LogP contribution in [0.5, 0.6) is 5.75 Å². The Balaban J connectivity index is 1.92. The van der Waals surface area contributed by atoms with E-state index in [1.165, 1.54) is 12.7 Å². The first-order valence-corrected chi connectivity index (χ1v) is 6.59. The molecular formula is C15H21NO3. The van der Waals surface area contributed by atoms with Gasteiger partial charge in [0, 0.05) is 25.1 Å². The van der Waals surface area contributed by atoms with E-state index in [-0.39, 0.29) is 11.6 Å². The predicted octanol–water partition coefficient (Wildman–Crippen LogP) is 2.05. The number of methoxy groups -OCH3 is 1. The first-order chi connectivity index (χ1) is 9.02. The highest BCUT2D eigenvalue weighted by Gasteiger charge is 2.31. The van der Waals surface area contributed by atoms with Gasteiger partial charge in [0.2, 0.25) is 0 Å². The van der Waals surface area contributed by atoms with Crippen LogP contribution in [0.2, 0.25) is 0 Å². The fourth-order valence-corrected chi connectivity index (χ4v) is 2.33. The molecule has 1 aliphatic rings. The van der Waals surface area contributed by atoms with Crippen molar-refractivity contribution in [2.75, 3.05) is 13.7 Å². The first kappa shape index (κ1) is 13.9. The van der Waals surface area contributed by atoms with Gasteiger partial charge in [-0.25, -0.2) is 0 Å². The van der Waals surface area contributed by atoms with Crippen LogP contribution in [0.15, 0.2) is 18.2 Å². The Bertz CT molecular complexity index is 468. The number of nitrogens with one attached hydrogen (secondary N) is 1. The van der Waals surface area contributed by atoms with Gasteiger partial charge in [-0.15, -0.1) is 0 Å². The summed E-state index contributed by atoms with van der Waals surface area (Å²) >= 11 is 0. The average Bonchev–Trinajstić information content (AvgIpc) is 2.68. The maximum atomic E-state index is 11.0. The van der Waals surface area contributed by atoms with Crippen LogP contribution in [-0.2, 0) is 22.5 Å².